The van der Waals surface area contributed by atoms with Gasteiger partial charge in [0.2, 0.25) is 10.0 Å². The van der Waals surface area contributed by atoms with Gasteiger partial charge in [0.1, 0.15) is 12.4 Å². The number of hydrogen-bond donors (Lipinski definition) is 0. The molecule has 0 saturated heterocycles. The summed E-state index contributed by atoms with van der Waals surface area (Å²) in [5, 5.41) is 0. The van der Waals surface area contributed by atoms with E-state index in [9.17, 15) is 13.2 Å². The predicted molar refractivity (Wildman–Crippen MR) is 102 cm³/mol. The van der Waals surface area contributed by atoms with E-state index in [0.717, 1.165) is 15.6 Å². The maximum atomic E-state index is 12.2. The first kappa shape index (κ1) is 20.2. The van der Waals surface area contributed by atoms with E-state index in [2.05, 4.69) is 13.8 Å². The van der Waals surface area contributed by atoms with Crippen molar-refractivity contribution < 1.29 is 13.2 Å². The van der Waals surface area contributed by atoms with Crippen molar-refractivity contribution in [2.45, 2.75) is 38.1 Å². The molecule has 1 aromatic carbocycles. The van der Waals surface area contributed by atoms with E-state index in [-0.39, 0.29) is 23.6 Å². The highest BCUT2D eigenvalue weighted by Crippen LogP contribution is 2.23. The summed E-state index contributed by atoms with van der Waals surface area (Å²) < 4.78 is 32.6. The molecule has 0 bridgehead atoms. The molecule has 7 heteroatoms. The summed E-state index contributed by atoms with van der Waals surface area (Å²) in [6.07, 6.45) is 1.36. The van der Waals surface area contributed by atoms with Crippen molar-refractivity contribution in [2.24, 2.45) is 0 Å². The predicted octanol–water partition coefficient (Wildman–Crippen LogP) is 2.61. The van der Waals surface area contributed by atoms with Gasteiger partial charge in [-0.05, 0) is 42.2 Å². The summed E-state index contributed by atoms with van der Waals surface area (Å²) in [5.74, 6) is 1.18. The van der Waals surface area contributed by atoms with E-state index in [1.807, 2.05) is 25.1 Å². The third-order valence-corrected chi connectivity index (χ3v) is 6.00. The molecule has 26 heavy (non-hydrogen) atoms. The van der Waals surface area contributed by atoms with Crippen LogP contribution >= 0.6 is 0 Å². The minimum Gasteiger partial charge on any atom is -0.492 e. The number of rotatable bonds is 7. The molecule has 0 fully saturated rings. The van der Waals surface area contributed by atoms with E-state index in [1.54, 1.807) is 0 Å². The average molecular weight is 378 g/mol. The number of pyridine rings is 1. The molecule has 6 nitrogen and oxygen atoms in total. The van der Waals surface area contributed by atoms with E-state index in [4.69, 9.17) is 4.74 Å². The van der Waals surface area contributed by atoms with Gasteiger partial charge in [-0.1, -0.05) is 19.9 Å². The van der Waals surface area contributed by atoms with Crippen LogP contribution in [0.2, 0.25) is 0 Å². The SMILES string of the molecule is Cc1cc(OCCn2cc(S(=O)(=O)N(C)C)ccc2=O)ccc1C(C)C. The number of aromatic nitrogens is 1. The van der Waals surface area contributed by atoms with Gasteiger partial charge in [-0.15, -0.1) is 0 Å². The quantitative estimate of drug-likeness (QED) is 0.743. The molecule has 1 aromatic heterocycles. The fraction of sp³-hybridized carbons (Fsp3) is 0.421. The molecule has 0 spiro atoms. The standard InChI is InChI=1S/C19H26N2O4S/c1-14(2)18-8-6-16(12-15(18)3)25-11-10-21-13-17(7-9-19(21)22)26(23,24)20(4)5/h6-9,12-14H,10-11H2,1-5H3. The highest BCUT2D eigenvalue weighted by molar-refractivity contribution is 7.89. The van der Waals surface area contributed by atoms with Gasteiger partial charge in [0.05, 0.1) is 11.4 Å². The number of benzene rings is 1. The molecule has 1 heterocycles. The van der Waals surface area contributed by atoms with Gasteiger partial charge in [-0.3, -0.25) is 4.79 Å². The molecule has 142 valence electrons. The molecule has 2 aromatic rings. The van der Waals surface area contributed by atoms with E-state index < -0.39 is 10.0 Å². The molecule has 0 N–H and O–H groups in total. The van der Waals surface area contributed by atoms with Crippen molar-refractivity contribution >= 4 is 10.0 Å². The third kappa shape index (κ3) is 4.53. The van der Waals surface area contributed by atoms with Crippen LogP contribution in [0.1, 0.15) is 30.9 Å². The topological polar surface area (TPSA) is 68.6 Å². The van der Waals surface area contributed by atoms with Crippen molar-refractivity contribution in [2.75, 3.05) is 20.7 Å². The lowest BCUT2D eigenvalue weighted by Gasteiger charge is -2.14. The van der Waals surface area contributed by atoms with Crippen LogP contribution in [-0.2, 0) is 16.6 Å². The Balaban J connectivity index is 2.11. The molecular weight excluding hydrogens is 352 g/mol. The molecule has 0 atom stereocenters. The number of nitrogens with zero attached hydrogens (tertiary/aromatic N) is 2. The number of sulfonamides is 1. The van der Waals surface area contributed by atoms with Crippen LogP contribution < -0.4 is 10.3 Å². The molecule has 2 rings (SSSR count). The molecule has 0 aliphatic heterocycles. The summed E-state index contributed by atoms with van der Waals surface area (Å²) in [6, 6.07) is 8.52. The largest absolute Gasteiger partial charge is 0.492 e. The Morgan fingerprint density at radius 2 is 1.85 bits per heavy atom. The highest BCUT2D eigenvalue weighted by Gasteiger charge is 2.18. The Bertz CT molecular complexity index is 931. The maximum Gasteiger partial charge on any atom is 0.250 e. The number of ether oxygens (including phenoxy) is 1. The second-order valence-electron chi connectivity index (χ2n) is 6.71. The van der Waals surface area contributed by atoms with Gasteiger partial charge in [-0.2, -0.15) is 0 Å². The smallest absolute Gasteiger partial charge is 0.250 e. The molecule has 0 saturated carbocycles. The van der Waals surface area contributed by atoms with Gasteiger partial charge >= 0.3 is 0 Å². The van der Waals surface area contributed by atoms with Crippen molar-refractivity contribution in [3.8, 4) is 5.75 Å². The van der Waals surface area contributed by atoms with E-state index in [1.165, 1.54) is 42.6 Å². The van der Waals surface area contributed by atoms with Crippen molar-refractivity contribution in [3.05, 3.63) is 58.0 Å². The fourth-order valence-electron chi connectivity index (χ4n) is 2.70. The minimum atomic E-state index is -3.58. The molecule has 0 aliphatic rings. The van der Waals surface area contributed by atoms with Crippen LogP contribution in [0.25, 0.3) is 0 Å². The zero-order valence-corrected chi connectivity index (χ0v) is 16.7. The van der Waals surface area contributed by atoms with Crippen LogP contribution in [0.4, 0.5) is 0 Å². The van der Waals surface area contributed by atoms with Gasteiger partial charge in [0.25, 0.3) is 5.56 Å². The van der Waals surface area contributed by atoms with E-state index in [0.29, 0.717) is 5.92 Å². The first-order chi connectivity index (χ1) is 12.1. The zero-order chi connectivity index (χ0) is 19.5. The van der Waals surface area contributed by atoms with E-state index >= 15 is 0 Å². The fourth-order valence-corrected chi connectivity index (χ4v) is 3.62. The second-order valence-corrected chi connectivity index (χ2v) is 8.86. The lowest BCUT2D eigenvalue weighted by molar-refractivity contribution is 0.295. The van der Waals surface area contributed by atoms with Crippen LogP contribution in [0, 0.1) is 6.92 Å². The summed E-state index contributed by atoms with van der Waals surface area (Å²) in [7, 11) is -0.668. The molecule has 0 radical (unpaired) electrons. The molecule has 0 unspecified atom stereocenters. The number of hydrogen-bond acceptors (Lipinski definition) is 4. The van der Waals surface area contributed by atoms with Crippen LogP contribution in [0.15, 0.2) is 46.2 Å². The lowest BCUT2D eigenvalue weighted by atomic mass is 9.98. The van der Waals surface area contributed by atoms with Gasteiger partial charge in [0, 0.05) is 26.4 Å². The van der Waals surface area contributed by atoms with Crippen LogP contribution in [0.5, 0.6) is 5.75 Å². The highest BCUT2D eigenvalue weighted by atomic mass is 32.2. The first-order valence-electron chi connectivity index (χ1n) is 8.49. The summed E-state index contributed by atoms with van der Waals surface area (Å²) >= 11 is 0. The summed E-state index contributed by atoms with van der Waals surface area (Å²) in [6.45, 7) is 6.86. The monoisotopic (exact) mass is 378 g/mol. The zero-order valence-electron chi connectivity index (χ0n) is 15.9. The average Bonchev–Trinajstić information content (AvgIpc) is 2.56. The second kappa shape index (κ2) is 8.05. The van der Waals surface area contributed by atoms with Gasteiger partial charge in [0.15, 0.2) is 0 Å². The Labute approximate surface area is 155 Å². The van der Waals surface area contributed by atoms with Gasteiger partial charge < -0.3 is 9.30 Å². The Morgan fingerprint density at radius 3 is 2.42 bits per heavy atom. The normalized spacial score (nSPS) is 12.0. The molecule has 0 aliphatic carbocycles. The molecule has 0 amide bonds. The Hall–Kier alpha value is -2.12. The maximum absolute atomic E-state index is 12.2. The Morgan fingerprint density at radius 1 is 1.15 bits per heavy atom. The van der Waals surface area contributed by atoms with Crippen molar-refractivity contribution in [1.29, 1.82) is 0 Å². The van der Waals surface area contributed by atoms with Crippen LogP contribution in [-0.4, -0.2) is 38.0 Å². The third-order valence-electron chi connectivity index (χ3n) is 4.20. The van der Waals surface area contributed by atoms with Crippen LogP contribution in [0.3, 0.4) is 0 Å². The minimum absolute atomic E-state index is 0.0826. The van der Waals surface area contributed by atoms with Crippen molar-refractivity contribution in [1.82, 2.24) is 8.87 Å². The summed E-state index contributed by atoms with van der Waals surface area (Å²) in [4.78, 5) is 12.1. The van der Waals surface area contributed by atoms with Crippen molar-refractivity contribution in [3.63, 3.8) is 0 Å². The summed E-state index contributed by atoms with van der Waals surface area (Å²) in [5.41, 5.74) is 2.17. The Kier molecular flexibility index (Phi) is 6.26. The lowest BCUT2D eigenvalue weighted by Crippen LogP contribution is -2.27. The van der Waals surface area contributed by atoms with Gasteiger partial charge in [-0.25, -0.2) is 12.7 Å². The molecular formula is C19H26N2O4S. The first-order valence-corrected chi connectivity index (χ1v) is 9.93. The number of aryl methyl sites for hydroxylation is 1.